The van der Waals surface area contributed by atoms with Crippen LogP contribution in [0.25, 0.3) is 0 Å². The van der Waals surface area contributed by atoms with Gasteiger partial charge < -0.3 is 15.7 Å². The highest BCUT2D eigenvalue weighted by atomic mass is 19.1. The van der Waals surface area contributed by atoms with Gasteiger partial charge in [-0.05, 0) is 0 Å². The van der Waals surface area contributed by atoms with Gasteiger partial charge in [0.15, 0.2) is 0 Å². The van der Waals surface area contributed by atoms with Crippen molar-refractivity contribution in [2.75, 3.05) is 26.4 Å². The quantitative estimate of drug-likeness (QED) is 0.493. The monoisotopic (exact) mass is 150 g/mol. The standard InChI is InChI=1S/C5H11FN2O2/c6-1-2-7-5(10)8-3-4-9/h9H,1-4H2,(H2,7,8,10). The van der Waals surface area contributed by atoms with E-state index < -0.39 is 12.7 Å². The molecule has 0 aromatic carbocycles. The molecule has 0 saturated carbocycles. The van der Waals surface area contributed by atoms with Gasteiger partial charge in [-0.3, -0.25) is 0 Å². The zero-order valence-corrected chi connectivity index (χ0v) is 5.56. The van der Waals surface area contributed by atoms with Crippen molar-refractivity contribution in [3.05, 3.63) is 0 Å². The molecule has 0 spiro atoms. The number of carbonyl (C=O) groups is 1. The first-order valence-electron chi connectivity index (χ1n) is 2.99. The maximum atomic E-state index is 11.4. The fourth-order valence-corrected chi connectivity index (χ4v) is 0.393. The van der Waals surface area contributed by atoms with Gasteiger partial charge in [-0.1, -0.05) is 0 Å². The molecule has 0 bridgehead atoms. The zero-order valence-electron chi connectivity index (χ0n) is 5.56. The molecule has 0 aliphatic carbocycles. The van der Waals surface area contributed by atoms with Crippen LogP contribution in [0.3, 0.4) is 0 Å². The molecule has 0 aromatic heterocycles. The summed E-state index contributed by atoms with van der Waals surface area (Å²) in [4.78, 5) is 10.5. The molecule has 0 unspecified atom stereocenters. The van der Waals surface area contributed by atoms with Crippen LogP contribution in [0.4, 0.5) is 9.18 Å². The molecular weight excluding hydrogens is 139 g/mol. The predicted molar refractivity (Wildman–Crippen MR) is 34.5 cm³/mol. The summed E-state index contributed by atoms with van der Waals surface area (Å²) in [7, 11) is 0. The van der Waals surface area contributed by atoms with Gasteiger partial charge in [0.1, 0.15) is 6.67 Å². The van der Waals surface area contributed by atoms with Crippen LogP contribution in [0.5, 0.6) is 0 Å². The van der Waals surface area contributed by atoms with Crippen molar-refractivity contribution >= 4 is 6.03 Å². The summed E-state index contributed by atoms with van der Waals surface area (Å²) in [6, 6.07) is -0.452. The lowest BCUT2D eigenvalue weighted by molar-refractivity contribution is 0.233. The fourth-order valence-electron chi connectivity index (χ4n) is 0.393. The lowest BCUT2D eigenvalue weighted by Crippen LogP contribution is -2.37. The van der Waals surface area contributed by atoms with Crippen molar-refractivity contribution in [3.8, 4) is 0 Å². The van der Waals surface area contributed by atoms with Gasteiger partial charge >= 0.3 is 6.03 Å². The molecule has 0 radical (unpaired) electrons. The highest BCUT2D eigenvalue weighted by Crippen LogP contribution is 1.66. The van der Waals surface area contributed by atoms with Crippen LogP contribution in [0.15, 0.2) is 0 Å². The molecule has 0 aliphatic heterocycles. The summed E-state index contributed by atoms with van der Waals surface area (Å²) in [5.74, 6) is 0. The SMILES string of the molecule is O=C(NCCO)NCCF. The Hall–Kier alpha value is -0.840. The summed E-state index contributed by atoms with van der Waals surface area (Å²) >= 11 is 0. The second-order valence-corrected chi connectivity index (χ2v) is 1.60. The lowest BCUT2D eigenvalue weighted by Gasteiger charge is -2.02. The van der Waals surface area contributed by atoms with E-state index in [-0.39, 0.29) is 19.7 Å². The summed E-state index contributed by atoms with van der Waals surface area (Å²) in [5, 5.41) is 12.8. The van der Waals surface area contributed by atoms with Crippen molar-refractivity contribution in [3.63, 3.8) is 0 Å². The third-order valence-corrected chi connectivity index (χ3v) is 0.777. The van der Waals surface area contributed by atoms with Crippen LogP contribution in [0.1, 0.15) is 0 Å². The summed E-state index contributed by atoms with van der Waals surface area (Å²) in [5.41, 5.74) is 0. The minimum absolute atomic E-state index is 0.0112. The highest BCUT2D eigenvalue weighted by molar-refractivity contribution is 5.73. The number of aliphatic hydroxyl groups is 1. The van der Waals surface area contributed by atoms with Crippen molar-refractivity contribution in [1.82, 2.24) is 10.6 Å². The van der Waals surface area contributed by atoms with Crippen LogP contribution in [0, 0.1) is 0 Å². The predicted octanol–water partition coefficient (Wildman–Crippen LogP) is -0.753. The lowest BCUT2D eigenvalue weighted by atomic mass is 10.6. The Kier molecular flexibility index (Phi) is 5.75. The first kappa shape index (κ1) is 9.16. The van der Waals surface area contributed by atoms with E-state index in [9.17, 15) is 9.18 Å². The van der Waals surface area contributed by atoms with Crippen LogP contribution >= 0.6 is 0 Å². The van der Waals surface area contributed by atoms with E-state index in [1.165, 1.54) is 0 Å². The average molecular weight is 150 g/mol. The molecule has 4 nitrogen and oxygen atoms in total. The molecule has 0 aromatic rings. The Morgan fingerprint density at radius 3 is 2.50 bits per heavy atom. The molecular formula is C5H11FN2O2. The van der Waals surface area contributed by atoms with Gasteiger partial charge in [-0.2, -0.15) is 0 Å². The van der Waals surface area contributed by atoms with Gasteiger partial charge in [0.05, 0.1) is 6.61 Å². The Balaban J connectivity index is 3.09. The minimum atomic E-state index is -0.577. The van der Waals surface area contributed by atoms with Crippen molar-refractivity contribution < 1.29 is 14.3 Å². The zero-order chi connectivity index (χ0) is 7.82. The Morgan fingerprint density at radius 1 is 1.40 bits per heavy atom. The maximum Gasteiger partial charge on any atom is 0.314 e. The smallest absolute Gasteiger partial charge is 0.314 e. The van der Waals surface area contributed by atoms with E-state index in [4.69, 9.17) is 5.11 Å². The Bertz CT molecular complexity index is 89.6. The number of hydrogen-bond acceptors (Lipinski definition) is 2. The number of rotatable bonds is 4. The number of carbonyl (C=O) groups excluding carboxylic acids is 1. The molecule has 0 heterocycles. The number of alkyl halides is 1. The number of nitrogens with one attached hydrogen (secondary N) is 2. The normalized spacial score (nSPS) is 9.00. The van der Waals surface area contributed by atoms with Crippen LogP contribution < -0.4 is 10.6 Å². The van der Waals surface area contributed by atoms with Gasteiger partial charge in [0.2, 0.25) is 0 Å². The summed E-state index contributed by atoms with van der Waals surface area (Å²) in [6.07, 6.45) is 0. The number of aliphatic hydroxyl groups excluding tert-OH is 1. The van der Waals surface area contributed by atoms with Crippen LogP contribution in [-0.2, 0) is 0 Å². The van der Waals surface area contributed by atoms with Crippen LogP contribution in [0.2, 0.25) is 0 Å². The van der Waals surface area contributed by atoms with Crippen molar-refractivity contribution in [2.24, 2.45) is 0 Å². The molecule has 2 amide bonds. The first-order valence-corrected chi connectivity index (χ1v) is 2.99. The third kappa shape index (κ3) is 5.30. The Labute approximate surface area is 58.4 Å². The maximum absolute atomic E-state index is 11.4. The number of hydrogen-bond donors (Lipinski definition) is 3. The van der Waals surface area contributed by atoms with E-state index in [1.807, 2.05) is 0 Å². The average Bonchev–Trinajstić information content (AvgIpc) is 1.97. The largest absolute Gasteiger partial charge is 0.395 e. The Morgan fingerprint density at radius 2 is 2.00 bits per heavy atom. The summed E-state index contributed by atoms with van der Waals surface area (Å²) in [6.45, 7) is -0.481. The molecule has 0 rings (SSSR count). The molecule has 3 N–H and O–H groups in total. The van der Waals surface area contributed by atoms with Gasteiger partial charge in [0, 0.05) is 13.1 Å². The van der Waals surface area contributed by atoms with Crippen molar-refractivity contribution in [1.29, 1.82) is 0 Å². The van der Waals surface area contributed by atoms with E-state index >= 15 is 0 Å². The number of halogens is 1. The highest BCUT2D eigenvalue weighted by Gasteiger charge is 1.94. The van der Waals surface area contributed by atoms with Crippen molar-refractivity contribution in [2.45, 2.75) is 0 Å². The molecule has 60 valence electrons. The van der Waals surface area contributed by atoms with E-state index in [0.717, 1.165) is 0 Å². The van der Waals surface area contributed by atoms with Gasteiger partial charge in [-0.15, -0.1) is 0 Å². The second kappa shape index (κ2) is 6.28. The van der Waals surface area contributed by atoms with E-state index in [1.54, 1.807) is 0 Å². The second-order valence-electron chi connectivity index (χ2n) is 1.60. The van der Waals surface area contributed by atoms with Crippen LogP contribution in [-0.4, -0.2) is 37.5 Å². The fraction of sp³-hybridized carbons (Fsp3) is 0.800. The molecule has 0 saturated heterocycles. The summed E-state index contributed by atoms with van der Waals surface area (Å²) < 4.78 is 11.4. The minimum Gasteiger partial charge on any atom is -0.395 e. The molecule has 0 atom stereocenters. The third-order valence-electron chi connectivity index (χ3n) is 0.777. The van der Waals surface area contributed by atoms with Gasteiger partial charge in [-0.25, -0.2) is 9.18 Å². The molecule has 0 fully saturated rings. The molecule has 5 heteroatoms. The van der Waals surface area contributed by atoms with E-state index in [0.29, 0.717) is 0 Å². The molecule has 10 heavy (non-hydrogen) atoms. The number of amides is 2. The topological polar surface area (TPSA) is 61.4 Å². The number of urea groups is 1. The first-order chi connectivity index (χ1) is 4.81. The van der Waals surface area contributed by atoms with Gasteiger partial charge in [0.25, 0.3) is 0 Å². The molecule has 0 aliphatic rings. The van der Waals surface area contributed by atoms with E-state index in [2.05, 4.69) is 10.6 Å².